The van der Waals surface area contributed by atoms with Crippen molar-refractivity contribution in [3.63, 3.8) is 0 Å². The lowest BCUT2D eigenvalue weighted by Crippen LogP contribution is -2.06. The lowest BCUT2D eigenvalue weighted by Gasteiger charge is -2.19. The molecule has 1 heterocycles. The second kappa shape index (κ2) is 5.52. The van der Waals surface area contributed by atoms with Crippen molar-refractivity contribution in [2.45, 2.75) is 19.8 Å². The second-order valence-electron chi connectivity index (χ2n) is 5.21. The number of carbonyl (C=O) groups excluding carboxylic acids is 1. The molecule has 3 nitrogen and oxygen atoms in total. The van der Waals surface area contributed by atoms with Gasteiger partial charge >= 0.3 is 5.97 Å². The number of fused-ring (bicyclic) bond motifs is 1. The van der Waals surface area contributed by atoms with Crippen molar-refractivity contribution in [3.8, 4) is 0 Å². The van der Waals surface area contributed by atoms with Gasteiger partial charge in [0.25, 0.3) is 0 Å². The quantitative estimate of drug-likeness (QED) is 0.789. The van der Waals surface area contributed by atoms with Gasteiger partial charge in [-0.1, -0.05) is 12.1 Å². The summed E-state index contributed by atoms with van der Waals surface area (Å²) in [6.07, 6.45) is 6.08. The fraction of sp³-hybridized carbons (Fsp3) is 0.222. The molecule has 0 fully saturated rings. The lowest BCUT2D eigenvalue weighted by atomic mass is 9.86. The summed E-state index contributed by atoms with van der Waals surface area (Å²) in [4.78, 5) is 16.0. The van der Waals surface area contributed by atoms with Crippen molar-refractivity contribution in [2.24, 2.45) is 0 Å². The maximum Gasteiger partial charge on any atom is 0.337 e. The smallest absolute Gasteiger partial charge is 0.337 e. The molecule has 3 heteroatoms. The molecule has 0 bridgehead atoms. The van der Waals surface area contributed by atoms with Crippen LogP contribution in [0.4, 0.5) is 0 Å². The predicted molar refractivity (Wildman–Crippen MR) is 82.2 cm³/mol. The summed E-state index contributed by atoms with van der Waals surface area (Å²) in [5.74, 6) is -0.298. The van der Waals surface area contributed by atoms with Crippen molar-refractivity contribution in [2.75, 3.05) is 7.11 Å². The van der Waals surface area contributed by atoms with E-state index in [4.69, 9.17) is 4.74 Å². The molecule has 0 N–H and O–H groups in total. The van der Waals surface area contributed by atoms with Crippen LogP contribution in [-0.4, -0.2) is 18.1 Å². The molecule has 0 radical (unpaired) electrons. The van der Waals surface area contributed by atoms with Crippen molar-refractivity contribution < 1.29 is 9.53 Å². The molecule has 1 aliphatic carbocycles. The van der Waals surface area contributed by atoms with Crippen LogP contribution in [0, 0.1) is 6.92 Å². The van der Waals surface area contributed by atoms with Gasteiger partial charge in [0.1, 0.15) is 0 Å². The van der Waals surface area contributed by atoms with E-state index in [9.17, 15) is 4.79 Å². The number of allylic oxidation sites excluding steroid dienone is 1. The first kappa shape index (κ1) is 13.6. The number of hydrogen-bond acceptors (Lipinski definition) is 3. The molecule has 21 heavy (non-hydrogen) atoms. The SMILES string of the molecule is COC(=O)c1ccc2c(c1)C(c1ccnc(C)c1)=CCC2. The average Bonchev–Trinajstić information content (AvgIpc) is 2.53. The number of aryl methyl sites for hydroxylation is 2. The normalized spacial score (nSPS) is 13.3. The summed E-state index contributed by atoms with van der Waals surface area (Å²) in [7, 11) is 1.41. The van der Waals surface area contributed by atoms with Crippen molar-refractivity contribution in [1.29, 1.82) is 0 Å². The Morgan fingerprint density at radius 2 is 2.10 bits per heavy atom. The van der Waals surface area contributed by atoms with Gasteiger partial charge in [-0.15, -0.1) is 0 Å². The number of carbonyl (C=O) groups is 1. The molecule has 0 unspecified atom stereocenters. The van der Waals surface area contributed by atoms with E-state index in [2.05, 4.69) is 17.1 Å². The van der Waals surface area contributed by atoms with Gasteiger partial charge in [-0.05, 0) is 66.3 Å². The molecular weight excluding hydrogens is 262 g/mol. The van der Waals surface area contributed by atoms with E-state index in [1.165, 1.54) is 18.2 Å². The van der Waals surface area contributed by atoms with Crippen molar-refractivity contribution in [1.82, 2.24) is 4.98 Å². The Bertz CT molecular complexity index is 732. The highest BCUT2D eigenvalue weighted by atomic mass is 16.5. The van der Waals surface area contributed by atoms with E-state index in [1.54, 1.807) is 0 Å². The van der Waals surface area contributed by atoms with E-state index in [0.29, 0.717) is 5.56 Å². The Kier molecular flexibility index (Phi) is 3.57. The molecule has 0 aliphatic heterocycles. The summed E-state index contributed by atoms with van der Waals surface area (Å²) >= 11 is 0. The van der Waals surface area contributed by atoms with Crippen molar-refractivity contribution in [3.05, 3.63) is 70.6 Å². The molecule has 0 saturated heterocycles. The van der Waals surface area contributed by atoms with E-state index in [-0.39, 0.29) is 5.97 Å². The third-order valence-corrected chi connectivity index (χ3v) is 3.79. The van der Waals surface area contributed by atoms with E-state index < -0.39 is 0 Å². The van der Waals surface area contributed by atoms with Gasteiger partial charge in [0.05, 0.1) is 12.7 Å². The molecule has 3 rings (SSSR count). The molecule has 2 aromatic rings. The largest absolute Gasteiger partial charge is 0.465 e. The molecule has 0 spiro atoms. The third-order valence-electron chi connectivity index (χ3n) is 3.79. The van der Waals surface area contributed by atoms with Crippen molar-refractivity contribution >= 4 is 11.5 Å². The van der Waals surface area contributed by atoms with E-state index in [1.807, 2.05) is 37.4 Å². The topological polar surface area (TPSA) is 39.2 Å². The molecular formula is C18H17NO2. The number of benzene rings is 1. The Hall–Kier alpha value is -2.42. The average molecular weight is 279 g/mol. The molecule has 1 aliphatic rings. The first-order chi connectivity index (χ1) is 10.2. The molecule has 0 atom stereocenters. The summed E-state index contributed by atoms with van der Waals surface area (Å²) in [5.41, 5.74) is 6.29. The van der Waals surface area contributed by atoms with Crippen LogP contribution in [0.3, 0.4) is 0 Å². The Morgan fingerprint density at radius 3 is 2.86 bits per heavy atom. The van der Waals surface area contributed by atoms with Crippen LogP contribution < -0.4 is 0 Å². The lowest BCUT2D eigenvalue weighted by molar-refractivity contribution is 0.0600. The Labute approximate surface area is 124 Å². The monoisotopic (exact) mass is 279 g/mol. The van der Waals surface area contributed by atoms with E-state index >= 15 is 0 Å². The Morgan fingerprint density at radius 1 is 1.24 bits per heavy atom. The van der Waals surface area contributed by atoms with Crippen LogP contribution in [0.1, 0.15) is 39.2 Å². The summed E-state index contributed by atoms with van der Waals surface area (Å²) in [6.45, 7) is 1.98. The van der Waals surface area contributed by atoms with Gasteiger partial charge in [-0.25, -0.2) is 4.79 Å². The van der Waals surface area contributed by atoms with Crippen LogP contribution in [-0.2, 0) is 11.2 Å². The Balaban J connectivity index is 2.10. The van der Waals surface area contributed by atoms with Gasteiger partial charge in [0.15, 0.2) is 0 Å². The van der Waals surface area contributed by atoms with Crippen LogP contribution in [0.5, 0.6) is 0 Å². The predicted octanol–water partition coefficient (Wildman–Crippen LogP) is 3.55. The maximum atomic E-state index is 11.7. The number of nitrogens with zero attached hydrogens (tertiary/aromatic N) is 1. The zero-order valence-electron chi connectivity index (χ0n) is 12.2. The fourth-order valence-electron chi connectivity index (χ4n) is 2.76. The molecule has 1 aromatic heterocycles. The number of methoxy groups -OCH3 is 1. The minimum absolute atomic E-state index is 0.298. The van der Waals surface area contributed by atoms with Crippen LogP contribution >= 0.6 is 0 Å². The zero-order chi connectivity index (χ0) is 14.8. The summed E-state index contributed by atoms with van der Waals surface area (Å²) in [6, 6.07) is 9.89. The molecule has 0 amide bonds. The number of hydrogen-bond donors (Lipinski definition) is 0. The fourth-order valence-corrected chi connectivity index (χ4v) is 2.76. The highest BCUT2D eigenvalue weighted by molar-refractivity contribution is 5.92. The van der Waals surface area contributed by atoms with Gasteiger partial charge in [-0.2, -0.15) is 0 Å². The zero-order valence-corrected chi connectivity index (χ0v) is 12.2. The number of rotatable bonds is 2. The first-order valence-electron chi connectivity index (χ1n) is 7.04. The number of pyridine rings is 1. The summed E-state index contributed by atoms with van der Waals surface area (Å²) < 4.78 is 4.82. The van der Waals surface area contributed by atoms with Gasteiger partial charge < -0.3 is 4.74 Å². The number of esters is 1. The standard InChI is InChI=1S/C18H17NO2/c1-12-10-14(8-9-19-12)16-5-3-4-13-6-7-15(11-17(13)16)18(20)21-2/h5-11H,3-4H2,1-2H3. The maximum absolute atomic E-state index is 11.7. The minimum Gasteiger partial charge on any atom is -0.465 e. The van der Waals surface area contributed by atoms with Crippen LogP contribution in [0.2, 0.25) is 0 Å². The first-order valence-corrected chi connectivity index (χ1v) is 7.04. The minimum atomic E-state index is -0.298. The third kappa shape index (κ3) is 2.59. The van der Waals surface area contributed by atoms with E-state index in [0.717, 1.165) is 29.7 Å². The van der Waals surface area contributed by atoms with Gasteiger partial charge in [0, 0.05) is 11.9 Å². The van der Waals surface area contributed by atoms with Crippen LogP contribution in [0.25, 0.3) is 5.57 Å². The van der Waals surface area contributed by atoms with Gasteiger partial charge in [0.2, 0.25) is 0 Å². The highest BCUT2D eigenvalue weighted by Crippen LogP contribution is 2.32. The number of aromatic nitrogens is 1. The molecule has 106 valence electrons. The highest BCUT2D eigenvalue weighted by Gasteiger charge is 2.17. The molecule has 0 saturated carbocycles. The second-order valence-corrected chi connectivity index (χ2v) is 5.21. The molecule has 1 aromatic carbocycles. The number of ether oxygens (including phenoxy) is 1. The van der Waals surface area contributed by atoms with Gasteiger partial charge in [-0.3, -0.25) is 4.98 Å². The van der Waals surface area contributed by atoms with Crippen LogP contribution in [0.15, 0.2) is 42.6 Å². The summed E-state index contributed by atoms with van der Waals surface area (Å²) in [5, 5.41) is 0.